The molecule has 21 heavy (non-hydrogen) atoms. The standard InChI is InChI=1S/C16H13ClN2O2/c17-13-3-1-11(2-4-13)14(10-16(20)21)12-5-7-19-8-6-18-15(19)9-12/h1-9,14H,10H2,(H,20,21). The van der Waals surface area contributed by atoms with Crippen molar-refractivity contribution in [2.75, 3.05) is 0 Å². The van der Waals surface area contributed by atoms with Crippen molar-refractivity contribution in [1.29, 1.82) is 0 Å². The van der Waals surface area contributed by atoms with Gasteiger partial charge < -0.3 is 9.51 Å². The maximum absolute atomic E-state index is 11.2. The Bertz CT molecular complexity index is 780. The largest absolute Gasteiger partial charge is 0.481 e. The van der Waals surface area contributed by atoms with Crippen LogP contribution in [-0.4, -0.2) is 20.5 Å². The second-order valence-corrected chi connectivity index (χ2v) is 5.29. The van der Waals surface area contributed by atoms with E-state index < -0.39 is 5.97 Å². The molecule has 0 aliphatic rings. The van der Waals surface area contributed by atoms with Crippen LogP contribution in [-0.2, 0) is 4.79 Å². The van der Waals surface area contributed by atoms with Crippen molar-refractivity contribution in [3.8, 4) is 0 Å². The molecule has 0 saturated heterocycles. The average molecular weight is 301 g/mol. The Kier molecular flexibility index (Phi) is 3.62. The number of carboxylic acids is 1. The molecule has 106 valence electrons. The van der Waals surface area contributed by atoms with E-state index in [4.69, 9.17) is 11.6 Å². The molecule has 0 fully saturated rings. The lowest BCUT2D eigenvalue weighted by Gasteiger charge is -2.16. The monoisotopic (exact) mass is 300 g/mol. The summed E-state index contributed by atoms with van der Waals surface area (Å²) in [6.45, 7) is 0. The van der Waals surface area contributed by atoms with Gasteiger partial charge in [-0.2, -0.15) is 0 Å². The summed E-state index contributed by atoms with van der Waals surface area (Å²) in [5.74, 6) is -1.06. The highest BCUT2D eigenvalue weighted by molar-refractivity contribution is 6.30. The molecule has 0 spiro atoms. The quantitative estimate of drug-likeness (QED) is 0.801. The smallest absolute Gasteiger partial charge is 0.304 e. The van der Waals surface area contributed by atoms with Gasteiger partial charge in [0.15, 0.2) is 0 Å². The number of aliphatic carboxylic acids is 1. The predicted molar refractivity (Wildman–Crippen MR) is 80.7 cm³/mol. The zero-order valence-electron chi connectivity index (χ0n) is 11.1. The molecule has 1 unspecified atom stereocenters. The molecule has 0 saturated carbocycles. The van der Waals surface area contributed by atoms with Crippen LogP contribution in [0.4, 0.5) is 0 Å². The van der Waals surface area contributed by atoms with Crippen LogP contribution in [0, 0.1) is 0 Å². The van der Waals surface area contributed by atoms with Gasteiger partial charge in [0.2, 0.25) is 0 Å². The van der Waals surface area contributed by atoms with E-state index in [2.05, 4.69) is 4.98 Å². The number of hydrogen-bond donors (Lipinski definition) is 1. The minimum absolute atomic E-state index is 0.0263. The summed E-state index contributed by atoms with van der Waals surface area (Å²) >= 11 is 5.90. The summed E-state index contributed by atoms with van der Waals surface area (Å²) in [6.07, 6.45) is 5.49. The maximum Gasteiger partial charge on any atom is 0.304 e. The molecule has 4 nitrogen and oxygen atoms in total. The molecule has 2 aromatic heterocycles. The zero-order chi connectivity index (χ0) is 14.8. The fourth-order valence-corrected chi connectivity index (χ4v) is 2.57. The van der Waals surface area contributed by atoms with Crippen LogP contribution in [0.1, 0.15) is 23.5 Å². The summed E-state index contributed by atoms with van der Waals surface area (Å²) in [5.41, 5.74) is 2.66. The van der Waals surface area contributed by atoms with Gasteiger partial charge in [-0.15, -0.1) is 0 Å². The number of imidazole rings is 1. The first-order valence-electron chi connectivity index (χ1n) is 6.53. The van der Waals surface area contributed by atoms with Crippen molar-refractivity contribution in [2.45, 2.75) is 12.3 Å². The van der Waals surface area contributed by atoms with E-state index in [0.717, 1.165) is 16.8 Å². The minimum atomic E-state index is -0.835. The van der Waals surface area contributed by atoms with Gasteiger partial charge in [0.25, 0.3) is 0 Å². The highest BCUT2D eigenvalue weighted by Crippen LogP contribution is 2.29. The third kappa shape index (κ3) is 2.90. The molecule has 2 heterocycles. The molecule has 3 aromatic rings. The highest BCUT2D eigenvalue weighted by Gasteiger charge is 2.18. The summed E-state index contributed by atoms with van der Waals surface area (Å²) in [4.78, 5) is 15.4. The Hall–Kier alpha value is -2.33. The van der Waals surface area contributed by atoms with Crippen molar-refractivity contribution in [3.05, 3.63) is 71.1 Å². The second kappa shape index (κ2) is 5.58. The third-order valence-electron chi connectivity index (χ3n) is 3.48. The molecular weight excluding hydrogens is 288 g/mol. The normalized spacial score (nSPS) is 12.4. The number of carboxylic acid groups (broad SMARTS) is 1. The van der Waals surface area contributed by atoms with Gasteiger partial charge in [0, 0.05) is 29.5 Å². The number of pyridine rings is 1. The number of fused-ring (bicyclic) bond motifs is 1. The Labute approximate surface area is 126 Å². The number of halogens is 1. The van der Waals surface area contributed by atoms with Gasteiger partial charge in [-0.05, 0) is 35.4 Å². The summed E-state index contributed by atoms with van der Waals surface area (Å²) in [5, 5.41) is 9.82. The van der Waals surface area contributed by atoms with E-state index in [9.17, 15) is 9.90 Å². The van der Waals surface area contributed by atoms with Crippen LogP contribution >= 0.6 is 11.6 Å². The molecule has 3 rings (SSSR count). The lowest BCUT2D eigenvalue weighted by molar-refractivity contribution is -0.137. The molecule has 1 aromatic carbocycles. The molecular formula is C16H13ClN2O2. The van der Waals surface area contributed by atoms with E-state index in [1.807, 2.05) is 41.1 Å². The van der Waals surface area contributed by atoms with Gasteiger partial charge in [-0.1, -0.05) is 23.7 Å². The number of hydrogen-bond acceptors (Lipinski definition) is 2. The van der Waals surface area contributed by atoms with Gasteiger partial charge in [-0.25, -0.2) is 4.98 Å². The van der Waals surface area contributed by atoms with E-state index in [1.54, 1.807) is 18.3 Å². The highest BCUT2D eigenvalue weighted by atomic mass is 35.5. The van der Waals surface area contributed by atoms with E-state index in [0.29, 0.717) is 5.02 Å². The van der Waals surface area contributed by atoms with Crippen molar-refractivity contribution in [2.24, 2.45) is 0 Å². The van der Waals surface area contributed by atoms with Gasteiger partial charge in [0.1, 0.15) is 5.65 Å². The summed E-state index contributed by atoms with van der Waals surface area (Å²) < 4.78 is 1.89. The van der Waals surface area contributed by atoms with Crippen molar-refractivity contribution >= 4 is 23.2 Å². The Morgan fingerprint density at radius 2 is 1.95 bits per heavy atom. The molecule has 1 atom stereocenters. The van der Waals surface area contributed by atoms with Crippen LogP contribution in [0.2, 0.25) is 5.02 Å². The fraction of sp³-hybridized carbons (Fsp3) is 0.125. The zero-order valence-corrected chi connectivity index (χ0v) is 11.9. The van der Waals surface area contributed by atoms with Crippen LogP contribution in [0.15, 0.2) is 55.0 Å². The average Bonchev–Trinajstić information content (AvgIpc) is 2.93. The van der Waals surface area contributed by atoms with Gasteiger partial charge in [0.05, 0.1) is 6.42 Å². The van der Waals surface area contributed by atoms with E-state index >= 15 is 0 Å². The number of aromatic nitrogens is 2. The first kappa shape index (κ1) is 13.6. The second-order valence-electron chi connectivity index (χ2n) is 4.85. The topological polar surface area (TPSA) is 54.6 Å². The minimum Gasteiger partial charge on any atom is -0.481 e. The van der Waals surface area contributed by atoms with E-state index in [1.165, 1.54) is 0 Å². The lowest BCUT2D eigenvalue weighted by atomic mass is 9.89. The number of carbonyl (C=O) groups is 1. The maximum atomic E-state index is 11.2. The van der Waals surface area contributed by atoms with Gasteiger partial charge >= 0.3 is 5.97 Å². The van der Waals surface area contributed by atoms with Crippen LogP contribution in [0.5, 0.6) is 0 Å². The molecule has 0 aliphatic carbocycles. The number of nitrogens with zero attached hydrogens (tertiary/aromatic N) is 2. The summed E-state index contributed by atoms with van der Waals surface area (Å²) in [6, 6.07) is 11.1. The molecule has 0 radical (unpaired) electrons. The summed E-state index contributed by atoms with van der Waals surface area (Å²) in [7, 11) is 0. The Balaban J connectivity index is 2.05. The first-order valence-corrected chi connectivity index (χ1v) is 6.91. The van der Waals surface area contributed by atoms with E-state index in [-0.39, 0.29) is 12.3 Å². The number of rotatable bonds is 4. The van der Waals surface area contributed by atoms with Crippen molar-refractivity contribution in [1.82, 2.24) is 9.38 Å². The molecule has 0 bridgehead atoms. The SMILES string of the molecule is O=C(O)CC(c1ccc(Cl)cc1)c1ccn2ccnc2c1. The van der Waals surface area contributed by atoms with Crippen molar-refractivity contribution < 1.29 is 9.90 Å². The van der Waals surface area contributed by atoms with Crippen LogP contribution in [0.25, 0.3) is 5.65 Å². The lowest BCUT2D eigenvalue weighted by Crippen LogP contribution is -2.08. The van der Waals surface area contributed by atoms with Gasteiger partial charge in [-0.3, -0.25) is 4.79 Å². The molecule has 0 amide bonds. The number of benzene rings is 1. The molecule has 5 heteroatoms. The first-order chi connectivity index (χ1) is 10.1. The fourth-order valence-electron chi connectivity index (χ4n) is 2.44. The van der Waals surface area contributed by atoms with Crippen LogP contribution in [0.3, 0.4) is 0 Å². The third-order valence-corrected chi connectivity index (χ3v) is 3.73. The van der Waals surface area contributed by atoms with Crippen LogP contribution < -0.4 is 0 Å². The van der Waals surface area contributed by atoms with Crippen molar-refractivity contribution in [3.63, 3.8) is 0 Å². The predicted octanol–water partition coefficient (Wildman–Crippen LogP) is 3.59. The Morgan fingerprint density at radius 3 is 2.67 bits per heavy atom. The molecule has 1 N–H and O–H groups in total. The molecule has 0 aliphatic heterocycles. The Morgan fingerprint density at radius 1 is 1.19 bits per heavy atom.